The Morgan fingerprint density at radius 2 is 2.10 bits per heavy atom. The van der Waals surface area contributed by atoms with E-state index < -0.39 is 0 Å². The zero-order valence-electron chi connectivity index (χ0n) is 12.4. The van der Waals surface area contributed by atoms with E-state index in [1.807, 2.05) is 17.0 Å². The molecule has 0 aromatic heterocycles. The van der Waals surface area contributed by atoms with Crippen LogP contribution in [0.5, 0.6) is 5.75 Å². The lowest BCUT2D eigenvalue weighted by Gasteiger charge is -2.29. The van der Waals surface area contributed by atoms with Crippen LogP contribution in [0.4, 0.5) is 0 Å². The van der Waals surface area contributed by atoms with Crippen molar-refractivity contribution < 1.29 is 9.53 Å². The van der Waals surface area contributed by atoms with E-state index in [0.29, 0.717) is 18.1 Å². The van der Waals surface area contributed by atoms with Crippen LogP contribution in [0.3, 0.4) is 0 Å². The molecule has 0 unspecified atom stereocenters. The monoisotopic (exact) mass is 306 g/mol. The maximum Gasteiger partial charge on any atom is 0.227 e. The van der Waals surface area contributed by atoms with Crippen molar-refractivity contribution in [1.82, 2.24) is 10.2 Å². The summed E-state index contributed by atoms with van der Waals surface area (Å²) in [6, 6.07) is 8.21. The normalized spacial score (nSPS) is 15.0. The van der Waals surface area contributed by atoms with Gasteiger partial charge in [0, 0.05) is 19.5 Å². The molecule has 0 bridgehead atoms. The van der Waals surface area contributed by atoms with Crippen LogP contribution in [0.25, 0.3) is 0 Å². The summed E-state index contributed by atoms with van der Waals surface area (Å²) in [6.07, 6.45) is 3.65. The minimum atomic E-state index is 0.0184. The Morgan fingerprint density at radius 3 is 2.76 bits per heavy atom. The molecule has 5 heteroatoms. The molecular weight excluding hydrogens is 284 g/mol. The van der Waals surface area contributed by atoms with Crippen molar-refractivity contribution in [2.24, 2.45) is 0 Å². The van der Waals surface area contributed by atoms with Crippen molar-refractivity contribution >= 4 is 23.2 Å². The number of nitrogens with one attached hydrogen (secondary N) is 1. The number of carbonyl (C=O) groups excluding carboxylic acids is 1. The number of amides is 1. The number of ether oxygens (including phenoxy) is 1. The first-order valence-electron chi connectivity index (χ1n) is 7.49. The van der Waals surface area contributed by atoms with Gasteiger partial charge in [0.05, 0.1) is 6.61 Å². The molecule has 21 heavy (non-hydrogen) atoms. The van der Waals surface area contributed by atoms with Gasteiger partial charge in [0.1, 0.15) is 5.75 Å². The van der Waals surface area contributed by atoms with Crippen molar-refractivity contribution in [3.8, 4) is 5.75 Å². The first-order chi connectivity index (χ1) is 10.2. The molecule has 0 spiro atoms. The highest BCUT2D eigenvalue weighted by Crippen LogP contribution is 2.14. The van der Waals surface area contributed by atoms with E-state index in [1.54, 1.807) is 0 Å². The fourth-order valence-electron chi connectivity index (χ4n) is 2.16. The van der Waals surface area contributed by atoms with Gasteiger partial charge in [0.15, 0.2) is 5.11 Å². The Labute approximate surface area is 131 Å². The van der Waals surface area contributed by atoms with Gasteiger partial charge >= 0.3 is 0 Å². The molecule has 2 rings (SSSR count). The van der Waals surface area contributed by atoms with Crippen LogP contribution in [0.15, 0.2) is 24.3 Å². The molecule has 1 aromatic carbocycles. The van der Waals surface area contributed by atoms with E-state index in [2.05, 4.69) is 24.4 Å². The van der Waals surface area contributed by atoms with Crippen molar-refractivity contribution in [2.45, 2.75) is 32.6 Å². The summed E-state index contributed by atoms with van der Waals surface area (Å²) in [7, 11) is 0. The van der Waals surface area contributed by atoms with Crippen LogP contribution in [0.2, 0.25) is 0 Å². The van der Waals surface area contributed by atoms with Crippen LogP contribution < -0.4 is 10.1 Å². The third-order valence-corrected chi connectivity index (χ3v) is 3.86. The SMILES string of the molecule is CCCCOc1ccc(CCN2CCC(=O)NC2=S)cc1. The van der Waals surface area contributed by atoms with Gasteiger partial charge in [0.2, 0.25) is 5.91 Å². The fourth-order valence-corrected chi connectivity index (χ4v) is 2.46. The molecule has 0 atom stereocenters. The first kappa shape index (κ1) is 15.8. The standard InChI is InChI=1S/C16H22N2O2S/c1-2-3-12-20-14-6-4-13(5-7-14)8-10-18-11-9-15(19)17-16(18)21/h4-7H,2-3,8-12H2,1H3,(H,17,19,21). The Kier molecular flexibility index (Phi) is 5.99. The zero-order chi connectivity index (χ0) is 15.1. The highest BCUT2D eigenvalue weighted by molar-refractivity contribution is 7.80. The number of rotatable bonds is 7. The highest BCUT2D eigenvalue weighted by Gasteiger charge is 2.18. The lowest BCUT2D eigenvalue weighted by atomic mass is 10.1. The molecule has 0 radical (unpaired) electrons. The molecule has 1 fully saturated rings. The molecule has 4 nitrogen and oxygen atoms in total. The van der Waals surface area contributed by atoms with Gasteiger partial charge in [-0.3, -0.25) is 4.79 Å². The minimum absolute atomic E-state index is 0.0184. The number of hydrogen-bond acceptors (Lipinski definition) is 3. The van der Waals surface area contributed by atoms with Crippen molar-refractivity contribution in [3.05, 3.63) is 29.8 Å². The van der Waals surface area contributed by atoms with Crippen LogP contribution in [0.1, 0.15) is 31.7 Å². The molecule has 1 saturated heterocycles. The molecule has 1 heterocycles. The van der Waals surface area contributed by atoms with E-state index in [0.717, 1.165) is 38.2 Å². The summed E-state index contributed by atoms with van der Waals surface area (Å²) in [6.45, 7) is 4.47. The molecule has 1 aromatic rings. The van der Waals surface area contributed by atoms with Gasteiger partial charge in [-0.15, -0.1) is 0 Å². The quantitative estimate of drug-likeness (QED) is 0.621. The number of unbranched alkanes of at least 4 members (excludes halogenated alkanes) is 1. The highest BCUT2D eigenvalue weighted by atomic mass is 32.1. The van der Waals surface area contributed by atoms with Crippen molar-refractivity contribution in [3.63, 3.8) is 0 Å². The van der Waals surface area contributed by atoms with E-state index in [9.17, 15) is 4.79 Å². The number of hydrogen-bond donors (Lipinski definition) is 1. The average molecular weight is 306 g/mol. The lowest BCUT2D eigenvalue weighted by molar-refractivity contribution is -0.120. The third-order valence-electron chi connectivity index (χ3n) is 3.50. The topological polar surface area (TPSA) is 41.6 Å². The molecule has 0 saturated carbocycles. The molecule has 1 amide bonds. The number of thiocarbonyl (C=S) groups is 1. The summed E-state index contributed by atoms with van der Waals surface area (Å²) in [5, 5.41) is 3.25. The Bertz CT molecular complexity index is 488. The van der Waals surface area contributed by atoms with Gasteiger partial charge in [0.25, 0.3) is 0 Å². The third kappa shape index (κ3) is 5.01. The first-order valence-corrected chi connectivity index (χ1v) is 7.90. The number of carbonyl (C=O) groups is 1. The Morgan fingerprint density at radius 1 is 1.33 bits per heavy atom. The summed E-state index contributed by atoms with van der Waals surface area (Å²) in [4.78, 5) is 13.2. The molecule has 114 valence electrons. The van der Waals surface area contributed by atoms with Gasteiger partial charge in [-0.25, -0.2) is 0 Å². The summed E-state index contributed by atoms with van der Waals surface area (Å²) in [5.74, 6) is 0.942. The van der Waals surface area contributed by atoms with E-state index >= 15 is 0 Å². The van der Waals surface area contributed by atoms with E-state index in [4.69, 9.17) is 17.0 Å². The maximum absolute atomic E-state index is 11.2. The predicted molar refractivity (Wildman–Crippen MR) is 87.5 cm³/mol. The molecule has 1 aliphatic rings. The Hall–Kier alpha value is -1.62. The lowest BCUT2D eigenvalue weighted by Crippen LogP contribution is -2.49. The fraction of sp³-hybridized carbons (Fsp3) is 0.500. The maximum atomic E-state index is 11.2. The Balaban J connectivity index is 1.78. The second-order valence-corrected chi connectivity index (χ2v) is 5.57. The van der Waals surface area contributed by atoms with Crippen LogP contribution >= 0.6 is 12.2 Å². The number of benzene rings is 1. The summed E-state index contributed by atoms with van der Waals surface area (Å²) in [5.41, 5.74) is 1.25. The van der Waals surface area contributed by atoms with Crippen LogP contribution in [-0.4, -0.2) is 35.6 Å². The van der Waals surface area contributed by atoms with Gasteiger partial charge in [-0.2, -0.15) is 0 Å². The zero-order valence-corrected chi connectivity index (χ0v) is 13.2. The predicted octanol–water partition coefficient (Wildman–Crippen LogP) is 2.51. The summed E-state index contributed by atoms with van der Waals surface area (Å²) < 4.78 is 5.65. The van der Waals surface area contributed by atoms with Gasteiger partial charge in [-0.1, -0.05) is 25.5 Å². The summed E-state index contributed by atoms with van der Waals surface area (Å²) >= 11 is 5.17. The van der Waals surface area contributed by atoms with Crippen LogP contribution in [0, 0.1) is 0 Å². The molecule has 1 N–H and O–H groups in total. The average Bonchev–Trinajstić information content (AvgIpc) is 2.48. The van der Waals surface area contributed by atoms with Crippen molar-refractivity contribution in [2.75, 3.05) is 19.7 Å². The van der Waals surface area contributed by atoms with Crippen LogP contribution in [-0.2, 0) is 11.2 Å². The number of nitrogens with zero attached hydrogens (tertiary/aromatic N) is 1. The van der Waals surface area contributed by atoms with E-state index in [-0.39, 0.29) is 5.91 Å². The second kappa shape index (κ2) is 7.98. The second-order valence-electron chi connectivity index (χ2n) is 5.19. The minimum Gasteiger partial charge on any atom is -0.494 e. The molecule has 1 aliphatic heterocycles. The largest absolute Gasteiger partial charge is 0.494 e. The van der Waals surface area contributed by atoms with E-state index in [1.165, 1.54) is 5.56 Å². The molecular formula is C16H22N2O2S. The molecule has 0 aliphatic carbocycles. The van der Waals surface area contributed by atoms with Gasteiger partial charge < -0.3 is 15.0 Å². The van der Waals surface area contributed by atoms with Crippen molar-refractivity contribution in [1.29, 1.82) is 0 Å². The smallest absolute Gasteiger partial charge is 0.227 e. The van der Waals surface area contributed by atoms with Gasteiger partial charge in [-0.05, 0) is 42.8 Å².